The number of hydrogen-bond acceptors (Lipinski definition) is 6. The van der Waals surface area contributed by atoms with Crippen LogP contribution in [0, 0.1) is 0 Å². The first-order chi connectivity index (χ1) is 10.1. The molecule has 2 aromatic rings. The van der Waals surface area contributed by atoms with Crippen LogP contribution in [0.15, 0.2) is 18.2 Å². The molecule has 0 fully saturated rings. The van der Waals surface area contributed by atoms with E-state index < -0.39 is 0 Å². The largest absolute Gasteiger partial charge is 0.490 e. The van der Waals surface area contributed by atoms with E-state index in [4.69, 9.17) is 9.47 Å². The second-order valence-corrected chi connectivity index (χ2v) is 4.86. The number of aromatic nitrogens is 4. The number of tetrazole rings is 1. The minimum Gasteiger partial charge on any atom is -0.490 e. The van der Waals surface area contributed by atoms with Gasteiger partial charge in [-0.1, -0.05) is 11.2 Å². The highest BCUT2D eigenvalue weighted by Crippen LogP contribution is 2.29. The average Bonchev–Trinajstić information content (AvgIpc) is 2.84. The van der Waals surface area contributed by atoms with E-state index in [0.717, 1.165) is 17.1 Å². The molecule has 0 unspecified atom stereocenters. The topological polar surface area (TPSA) is 74.1 Å². The van der Waals surface area contributed by atoms with Crippen molar-refractivity contribution in [2.75, 3.05) is 11.9 Å². The Hall–Kier alpha value is -2.31. The fourth-order valence-corrected chi connectivity index (χ4v) is 1.84. The summed E-state index contributed by atoms with van der Waals surface area (Å²) in [6.07, 6.45) is 0.109. The maximum atomic E-state index is 5.74. The summed E-state index contributed by atoms with van der Waals surface area (Å²) in [6.45, 7) is 7.14. The minimum absolute atomic E-state index is 0.109. The third-order valence-electron chi connectivity index (χ3n) is 2.74. The van der Waals surface area contributed by atoms with Crippen molar-refractivity contribution in [2.45, 2.75) is 33.4 Å². The highest BCUT2D eigenvalue weighted by Gasteiger charge is 2.09. The van der Waals surface area contributed by atoms with Crippen LogP contribution < -0.4 is 14.8 Å². The summed E-state index contributed by atoms with van der Waals surface area (Å²) in [5.74, 6) is 2.13. The lowest BCUT2D eigenvalue weighted by atomic mass is 10.2. The maximum Gasteiger partial charge on any atom is 0.242 e. The molecule has 7 nitrogen and oxygen atoms in total. The molecule has 7 heteroatoms. The number of benzene rings is 1. The Bertz CT molecular complexity index is 582. The van der Waals surface area contributed by atoms with Crippen molar-refractivity contribution < 1.29 is 9.47 Å². The SMILES string of the molecule is CCOc1cc(CNc2nnnn2C)ccc1OC(C)C. The molecule has 1 aromatic carbocycles. The molecule has 0 bridgehead atoms. The van der Waals surface area contributed by atoms with Gasteiger partial charge in [0.2, 0.25) is 5.95 Å². The van der Waals surface area contributed by atoms with E-state index >= 15 is 0 Å². The first-order valence-electron chi connectivity index (χ1n) is 6.98. The van der Waals surface area contributed by atoms with Crippen molar-refractivity contribution >= 4 is 5.95 Å². The van der Waals surface area contributed by atoms with E-state index in [2.05, 4.69) is 20.8 Å². The predicted molar refractivity (Wildman–Crippen MR) is 79.5 cm³/mol. The van der Waals surface area contributed by atoms with Crippen LogP contribution >= 0.6 is 0 Å². The molecule has 0 atom stereocenters. The molecule has 0 radical (unpaired) electrons. The summed E-state index contributed by atoms with van der Waals surface area (Å²) >= 11 is 0. The lowest BCUT2D eigenvalue weighted by Gasteiger charge is -2.15. The Balaban J connectivity index is 2.09. The van der Waals surface area contributed by atoms with Crippen LogP contribution in [0.25, 0.3) is 0 Å². The summed E-state index contributed by atoms with van der Waals surface area (Å²) < 4.78 is 13.0. The smallest absolute Gasteiger partial charge is 0.242 e. The fourth-order valence-electron chi connectivity index (χ4n) is 1.84. The predicted octanol–water partition coefficient (Wildman–Crippen LogP) is 2.01. The lowest BCUT2D eigenvalue weighted by Crippen LogP contribution is -2.09. The maximum absolute atomic E-state index is 5.74. The summed E-state index contributed by atoms with van der Waals surface area (Å²) in [5.41, 5.74) is 1.07. The molecule has 114 valence electrons. The molecule has 0 aliphatic heterocycles. The van der Waals surface area contributed by atoms with E-state index in [0.29, 0.717) is 19.1 Å². The van der Waals surface area contributed by atoms with Gasteiger partial charge in [-0.2, -0.15) is 0 Å². The number of nitrogens with one attached hydrogen (secondary N) is 1. The van der Waals surface area contributed by atoms with Crippen LogP contribution in [0.1, 0.15) is 26.3 Å². The van der Waals surface area contributed by atoms with Crippen molar-refractivity contribution in [3.8, 4) is 11.5 Å². The second-order valence-electron chi connectivity index (χ2n) is 4.86. The Morgan fingerprint density at radius 2 is 2.10 bits per heavy atom. The second kappa shape index (κ2) is 6.92. The van der Waals surface area contributed by atoms with Gasteiger partial charge in [0.1, 0.15) is 0 Å². The minimum atomic E-state index is 0.109. The Labute approximate surface area is 124 Å². The molecule has 1 aromatic heterocycles. The number of hydrogen-bond donors (Lipinski definition) is 1. The highest BCUT2D eigenvalue weighted by molar-refractivity contribution is 5.44. The monoisotopic (exact) mass is 291 g/mol. The number of ether oxygens (including phenoxy) is 2. The summed E-state index contributed by atoms with van der Waals surface area (Å²) in [6, 6.07) is 5.89. The van der Waals surface area contributed by atoms with Crippen molar-refractivity contribution in [1.29, 1.82) is 0 Å². The summed E-state index contributed by atoms with van der Waals surface area (Å²) in [5, 5.41) is 14.4. The Morgan fingerprint density at radius 3 is 2.71 bits per heavy atom. The zero-order chi connectivity index (χ0) is 15.2. The van der Waals surface area contributed by atoms with Gasteiger partial charge in [0.05, 0.1) is 12.7 Å². The molecule has 0 aliphatic rings. The molecule has 2 rings (SSSR count). The van der Waals surface area contributed by atoms with Gasteiger partial charge in [-0.05, 0) is 48.9 Å². The van der Waals surface area contributed by atoms with E-state index in [1.54, 1.807) is 11.7 Å². The molecular formula is C14H21N5O2. The van der Waals surface area contributed by atoms with Crippen molar-refractivity contribution in [3.05, 3.63) is 23.8 Å². The standard InChI is InChI=1S/C14H21N5O2/c1-5-20-13-8-11(6-7-12(13)21-10(2)3)9-15-14-16-17-18-19(14)4/h6-8,10H,5,9H2,1-4H3,(H,15,16,18). The van der Waals surface area contributed by atoms with Gasteiger partial charge in [-0.25, -0.2) is 4.68 Å². The van der Waals surface area contributed by atoms with Gasteiger partial charge in [0.25, 0.3) is 0 Å². The van der Waals surface area contributed by atoms with Crippen molar-refractivity contribution in [3.63, 3.8) is 0 Å². The van der Waals surface area contributed by atoms with E-state index in [-0.39, 0.29) is 6.10 Å². The van der Waals surface area contributed by atoms with Crippen LogP contribution in [0.3, 0.4) is 0 Å². The zero-order valence-corrected chi connectivity index (χ0v) is 12.8. The van der Waals surface area contributed by atoms with Gasteiger partial charge in [-0.15, -0.1) is 0 Å². The molecule has 0 saturated carbocycles. The number of anilines is 1. The van der Waals surface area contributed by atoms with Gasteiger partial charge in [0, 0.05) is 13.6 Å². The zero-order valence-electron chi connectivity index (χ0n) is 12.8. The summed E-state index contributed by atoms with van der Waals surface area (Å²) in [7, 11) is 1.79. The first kappa shape index (κ1) is 15.1. The molecular weight excluding hydrogens is 270 g/mol. The molecule has 0 aliphatic carbocycles. The van der Waals surface area contributed by atoms with E-state index in [1.165, 1.54) is 0 Å². The van der Waals surface area contributed by atoms with Crippen LogP contribution in [-0.4, -0.2) is 32.9 Å². The normalized spacial score (nSPS) is 10.7. The van der Waals surface area contributed by atoms with Crippen molar-refractivity contribution in [2.24, 2.45) is 7.05 Å². The molecule has 1 heterocycles. The highest BCUT2D eigenvalue weighted by atomic mass is 16.5. The quantitative estimate of drug-likeness (QED) is 0.841. The molecule has 0 amide bonds. The molecule has 0 spiro atoms. The third-order valence-corrected chi connectivity index (χ3v) is 2.74. The number of nitrogens with zero attached hydrogens (tertiary/aromatic N) is 4. The first-order valence-corrected chi connectivity index (χ1v) is 6.98. The lowest BCUT2D eigenvalue weighted by molar-refractivity contribution is 0.223. The Kier molecular flexibility index (Phi) is 4.97. The molecule has 1 N–H and O–H groups in total. The third kappa shape index (κ3) is 4.08. The van der Waals surface area contributed by atoms with Crippen LogP contribution in [0.2, 0.25) is 0 Å². The summed E-state index contributed by atoms with van der Waals surface area (Å²) in [4.78, 5) is 0. The van der Waals surface area contributed by atoms with Crippen LogP contribution in [0.5, 0.6) is 11.5 Å². The number of aryl methyl sites for hydroxylation is 1. The molecule has 0 saturated heterocycles. The Morgan fingerprint density at radius 1 is 1.29 bits per heavy atom. The van der Waals surface area contributed by atoms with Crippen LogP contribution in [-0.2, 0) is 13.6 Å². The fraction of sp³-hybridized carbons (Fsp3) is 0.500. The van der Waals surface area contributed by atoms with Crippen molar-refractivity contribution in [1.82, 2.24) is 20.2 Å². The van der Waals surface area contributed by atoms with Crippen LogP contribution in [0.4, 0.5) is 5.95 Å². The van der Waals surface area contributed by atoms with Gasteiger partial charge in [0.15, 0.2) is 11.5 Å². The van der Waals surface area contributed by atoms with Gasteiger partial charge < -0.3 is 14.8 Å². The average molecular weight is 291 g/mol. The molecule has 21 heavy (non-hydrogen) atoms. The van der Waals surface area contributed by atoms with Gasteiger partial charge >= 0.3 is 0 Å². The van der Waals surface area contributed by atoms with E-state index in [1.807, 2.05) is 39.0 Å². The number of rotatable bonds is 7. The van der Waals surface area contributed by atoms with Gasteiger partial charge in [-0.3, -0.25) is 0 Å². The van der Waals surface area contributed by atoms with E-state index in [9.17, 15) is 0 Å².